The van der Waals surface area contributed by atoms with E-state index in [1.54, 1.807) is 0 Å². The molecule has 0 spiro atoms. The van der Waals surface area contributed by atoms with Crippen LogP contribution in [0.5, 0.6) is 0 Å². The van der Waals surface area contributed by atoms with Gasteiger partial charge in [0.05, 0.1) is 0 Å². The highest BCUT2D eigenvalue weighted by Gasteiger charge is 2.18. The van der Waals surface area contributed by atoms with Crippen LogP contribution in [-0.4, -0.2) is 0 Å². The Morgan fingerprint density at radius 1 is 0.217 bits per heavy atom. The SMILES string of the molecule is C(=Cc1ccc(-c2c3ccccc3c(-c3ccc(N(c4ccc(-c5ccccc5)cc4)c4ccc(-c5ccccc5)cc4)cc3)c3ccccc23)cc1)c1ccc(-c2cccc3ccccc23)cc1. The average Bonchev–Trinajstić information content (AvgIpc) is 3.43. The summed E-state index contributed by atoms with van der Waals surface area (Å²) in [6, 6.07) is 98.9. The van der Waals surface area contributed by atoms with Crippen LogP contribution in [0.2, 0.25) is 0 Å². The summed E-state index contributed by atoms with van der Waals surface area (Å²) in [6.07, 6.45) is 4.41. The molecule has 12 aromatic carbocycles. The number of nitrogens with zero attached hydrogens (tertiary/aromatic N) is 1. The van der Waals surface area contributed by atoms with Crippen LogP contribution in [0.1, 0.15) is 11.1 Å². The first kappa shape index (κ1) is 41.4. The van der Waals surface area contributed by atoms with Gasteiger partial charge in [0.25, 0.3) is 0 Å². The van der Waals surface area contributed by atoms with E-state index in [1.807, 2.05) is 0 Å². The summed E-state index contributed by atoms with van der Waals surface area (Å²) in [5, 5.41) is 7.49. The zero-order valence-electron chi connectivity index (χ0n) is 38.1. The van der Waals surface area contributed by atoms with Gasteiger partial charge in [-0.05, 0) is 135 Å². The lowest BCUT2D eigenvalue weighted by Crippen LogP contribution is -2.09. The van der Waals surface area contributed by atoms with Gasteiger partial charge in [0.1, 0.15) is 0 Å². The third kappa shape index (κ3) is 8.18. The molecule has 0 atom stereocenters. The van der Waals surface area contributed by atoms with Crippen molar-refractivity contribution in [2.45, 2.75) is 0 Å². The molecule has 0 saturated carbocycles. The molecule has 1 nitrogen and oxygen atoms in total. The number of anilines is 3. The Hall–Kier alpha value is -9.04. The number of benzene rings is 12. The van der Waals surface area contributed by atoms with Crippen molar-refractivity contribution in [2.75, 3.05) is 4.90 Å². The van der Waals surface area contributed by atoms with Crippen LogP contribution >= 0.6 is 0 Å². The van der Waals surface area contributed by atoms with Crippen molar-refractivity contribution in [2.24, 2.45) is 0 Å². The fraction of sp³-hybridized carbons (Fsp3) is 0. The van der Waals surface area contributed by atoms with Crippen LogP contribution in [0, 0.1) is 0 Å². The molecule has 12 rings (SSSR count). The van der Waals surface area contributed by atoms with E-state index in [4.69, 9.17) is 0 Å². The lowest BCUT2D eigenvalue weighted by atomic mass is 9.86. The van der Waals surface area contributed by atoms with E-state index in [0.717, 1.165) is 22.6 Å². The molecule has 69 heavy (non-hydrogen) atoms. The van der Waals surface area contributed by atoms with Gasteiger partial charge in [-0.25, -0.2) is 0 Å². The van der Waals surface area contributed by atoms with Gasteiger partial charge < -0.3 is 4.90 Å². The van der Waals surface area contributed by atoms with Gasteiger partial charge in [0, 0.05) is 17.1 Å². The topological polar surface area (TPSA) is 3.24 Å². The first-order chi connectivity index (χ1) is 34.2. The molecule has 0 aliphatic heterocycles. The van der Waals surface area contributed by atoms with E-state index < -0.39 is 0 Å². The highest BCUT2D eigenvalue weighted by Crippen LogP contribution is 2.45. The maximum atomic E-state index is 2.36. The van der Waals surface area contributed by atoms with Gasteiger partial charge in [-0.15, -0.1) is 0 Å². The summed E-state index contributed by atoms with van der Waals surface area (Å²) in [6.45, 7) is 0. The Morgan fingerprint density at radius 2 is 0.536 bits per heavy atom. The molecule has 0 aliphatic rings. The summed E-state index contributed by atoms with van der Waals surface area (Å²) in [7, 11) is 0. The van der Waals surface area contributed by atoms with Gasteiger partial charge >= 0.3 is 0 Å². The minimum Gasteiger partial charge on any atom is -0.311 e. The smallest absolute Gasteiger partial charge is 0.0462 e. The molecule has 0 aliphatic carbocycles. The van der Waals surface area contributed by atoms with E-state index in [2.05, 4.69) is 290 Å². The van der Waals surface area contributed by atoms with Crippen molar-refractivity contribution in [1.29, 1.82) is 0 Å². The molecule has 1 heteroatoms. The van der Waals surface area contributed by atoms with E-state index in [0.29, 0.717) is 0 Å². The van der Waals surface area contributed by atoms with Crippen molar-refractivity contribution in [3.63, 3.8) is 0 Å². The standard InChI is InChI=1S/C68H47N/c1-3-14-50(15-4-1)52-36-42-58(43-37-52)69(59-44-38-53(39-45-59)51-16-5-2-6-17-51)60-46-40-57(41-47-60)68-65-23-11-9-21-63(65)67(64-22-10-12-24-66(64)68)56-34-30-49(31-35-56)27-26-48-28-32-55(33-29-48)62-25-13-19-54-18-7-8-20-61(54)62/h1-47H. The normalized spacial score (nSPS) is 11.4. The molecule has 0 fully saturated rings. The Balaban J connectivity index is 0.869. The predicted octanol–water partition coefficient (Wildman–Crippen LogP) is 19.1. The van der Waals surface area contributed by atoms with E-state index in [9.17, 15) is 0 Å². The van der Waals surface area contributed by atoms with E-state index >= 15 is 0 Å². The maximum Gasteiger partial charge on any atom is 0.0462 e. The van der Waals surface area contributed by atoms with Crippen LogP contribution in [0.4, 0.5) is 17.1 Å². The maximum absolute atomic E-state index is 2.36. The average molecular weight is 878 g/mol. The fourth-order valence-electron chi connectivity index (χ4n) is 10.0. The lowest BCUT2D eigenvalue weighted by Gasteiger charge is -2.26. The number of rotatable bonds is 10. The summed E-state index contributed by atoms with van der Waals surface area (Å²) in [5.74, 6) is 0. The number of fused-ring (bicyclic) bond motifs is 3. The molecule has 0 heterocycles. The summed E-state index contributed by atoms with van der Waals surface area (Å²) in [5.41, 5.74) is 17.8. The second-order valence-electron chi connectivity index (χ2n) is 17.7. The quantitative estimate of drug-likeness (QED) is 0.0977. The molecule has 12 aromatic rings. The molecule has 0 aromatic heterocycles. The van der Waals surface area contributed by atoms with Gasteiger partial charge in [-0.2, -0.15) is 0 Å². The summed E-state index contributed by atoms with van der Waals surface area (Å²) in [4.78, 5) is 2.36. The van der Waals surface area contributed by atoms with Gasteiger partial charge in [-0.1, -0.05) is 249 Å². The number of hydrogen-bond donors (Lipinski definition) is 0. The molecule has 324 valence electrons. The Kier molecular flexibility index (Phi) is 11.0. The zero-order chi connectivity index (χ0) is 45.9. The second kappa shape index (κ2) is 18.3. The van der Waals surface area contributed by atoms with Crippen molar-refractivity contribution in [3.05, 3.63) is 284 Å². The Labute approximate surface area is 404 Å². The molecule has 0 N–H and O–H groups in total. The Morgan fingerprint density at radius 3 is 0.971 bits per heavy atom. The molecule has 0 bridgehead atoms. The predicted molar refractivity (Wildman–Crippen MR) is 296 cm³/mol. The van der Waals surface area contributed by atoms with Crippen LogP contribution in [0.3, 0.4) is 0 Å². The van der Waals surface area contributed by atoms with Crippen molar-refractivity contribution < 1.29 is 0 Å². The third-order valence-corrected chi connectivity index (χ3v) is 13.5. The molecular weight excluding hydrogens is 831 g/mol. The Bertz CT molecular complexity index is 3610. The van der Waals surface area contributed by atoms with Crippen molar-refractivity contribution in [1.82, 2.24) is 0 Å². The number of hydrogen-bond acceptors (Lipinski definition) is 1. The minimum atomic E-state index is 1.09. The van der Waals surface area contributed by atoms with Crippen LogP contribution in [0.25, 0.3) is 100 Å². The minimum absolute atomic E-state index is 1.09. The van der Waals surface area contributed by atoms with E-state index in [-0.39, 0.29) is 0 Å². The van der Waals surface area contributed by atoms with Gasteiger partial charge in [0.2, 0.25) is 0 Å². The first-order valence-electron chi connectivity index (χ1n) is 23.7. The highest BCUT2D eigenvalue weighted by atomic mass is 15.1. The van der Waals surface area contributed by atoms with Gasteiger partial charge in [0.15, 0.2) is 0 Å². The molecule has 0 amide bonds. The van der Waals surface area contributed by atoms with Crippen LogP contribution in [0.15, 0.2) is 273 Å². The second-order valence-corrected chi connectivity index (χ2v) is 17.7. The first-order valence-corrected chi connectivity index (χ1v) is 23.7. The van der Waals surface area contributed by atoms with Crippen LogP contribution in [-0.2, 0) is 0 Å². The molecule has 0 saturated heterocycles. The molecular formula is C68H47N. The summed E-state index contributed by atoms with van der Waals surface area (Å²) < 4.78 is 0. The largest absolute Gasteiger partial charge is 0.311 e. The highest BCUT2D eigenvalue weighted by molar-refractivity contribution is 6.21. The summed E-state index contributed by atoms with van der Waals surface area (Å²) >= 11 is 0. The fourth-order valence-corrected chi connectivity index (χ4v) is 10.0. The third-order valence-electron chi connectivity index (χ3n) is 13.5. The van der Waals surface area contributed by atoms with Crippen molar-refractivity contribution in [3.8, 4) is 55.6 Å². The monoisotopic (exact) mass is 877 g/mol. The van der Waals surface area contributed by atoms with Crippen LogP contribution < -0.4 is 4.90 Å². The van der Waals surface area contributed by atoms with Gasteiger partial charge in [-0.3, -0.25) is 0 Å². The van der Waals surface area contributed by atoms with Crippen molar-refractivity contribution >= 4 is 61.5 Å². The zero-order valence-corrected chi connectivity index (χ0v) is 38.1. The molecule has 0 radical (unpaired) electrons. The lowest BCUT2D eigenvalue weighted by molar-refractivity contribution is 1.28. The molecule has 0 unspecified atom stereocenters. The van der Waals surface area contributed by atoms with E-state index in [1.165, 1.54) is 93.5 Å².